The molecule has 4 saturated heterocycles. The number of carboxylic acid groups (broad SMARTS) is 1. The third kappa shape index (κ3) is 3.65. The van der Waals surface area contributed by atoms with Gasteiger partial charge in [-0.2, -0.15) is 0 Å². The predicted octanol–water partition coefficient (Wildman–Crippen LogP) is 5.24. The molecule has 188 valence electrons. The maximum atomic E-state index is 15.1. The van der Waals surface area contributed by atoms with Crippen molar-refractivity contribution in [2.75, 3.05) is 0 Å². The van der Waals surface area contributed by atoms with Gasteiger partial charge < -0.3 is 19.3 Å². The number of ether oxygens (including phenoxy) is 3. The van der Waals surface area contributed by atoms with Gasteiger partial charge >= 0.3 is 5.97 Å². The highest BCUT2D eigenvalue weighted by atomic mass is 19.1. The van der Waals surface area contributed by atoms with Crippen LogP contribution >= 0.6 is 0 Å². The summed E-state index contributed by atoms with van der Waals surface area (Å²) in [4.78, 5) is 23.6. The lowest BCUT2D eigenvalue weighted by Crippen LogP contribution is -2.70. The zero-order valence-electron chi connectivity index (χ0n) is 20.5. The summed E-state index contributed by atoms with van der Waals surface area (Å²) in [5.74, 6) is -2.73. The zero-order chi connectivity index (χ0) is 24.4. The molecule has 5 fully saturated rings. The summed E-state index contributed by atoms with van der Waals surface area (Å²) in [5, 5.41) is 9.55. The molecule has 1 unspecified atom stereocenters. The number of rotatable bonds is 5. The molecule has 34 heavy (non-hydrogen) atoms. The fraction of sp³-hybridized carbons (Fsp3) is 0.731. The minimum absolute atomic E-state index is 0.0346. The van der Waals surface area contributed by atoms with Crippen molar-refractivity contribution >= 4 is 5.97 Å². The lowest BCUT2D eigenvalue weighted by molar-refractivity contribution is -0.575. The Hall–Kier alpha value is -1.74. The Bertz CT molecular complexity index is 953. The lowest BCUT2D eigenvalue weighted by atomic mass is 9.58. The summed E-state index contributed by atoms with van der Waals surface area (Å²) in [7, 11) is 0. The second kappa shape index (κ2) is 8.43. The average molecular weight is 479 g/mol. The molecule has 0 radical (unpaired) electrons. The Morgan fingerprint density at radius 1 is 1.18 bits per heavy atom. The first-order valence-electron chi connectivity index (χ1n) is 12.4. The molecule has 9 atom stereocenters. The number of benzene rings is 1. The van der Waals surface area contributed by atoms with Gasteiger partial charge in [0.15, 0.2) is 23.5 Å². The molecule has 0 aromatic heterocycles. The van der Waals surface area contributed by atoms with Crippen LogP contribution in [0.25, 0.3) is 0 Å². The predicted molar refractivity (Wildman–Crippen MR) is 119 cm³/mol. The van der Waals surface area contributed by atoms with Crippen molar-refractivity contribution in [1.29, 1.82) is 0 Å². The van der Waals surface area contributed by atoms with Gasteiger partial charge in [0.1, 0.15) is 0 Å². The van der Waals surface area contributed by atoms with Crippen molar-refractivity contribution in [3.05, 3.63) is 29.6 Å². The van der Waals surface area contributed by atoms with Gasteiger partial charge in [0.05, 0.1) is 5.92 Å². The van der Waals surface area contributed by atoms with Gasteiger partial charge in [0.25, 0.3) is 0 Å². The van der Waals surface area contributed by atoms with Crippen LogP contribution in [0.15, 0.2) is 18.2 Å². The van der Waals surface area contributed by atoms with E-state index in [1.807, 2.05) is 13.8 Å². The monoisotopic (exact) mass is 478 g/mol. The molecule has 1 aromatic carbocycles. The van der Waals surface area contributed by atoms with Crippen LogP contribution in [0.2, 0.25) is 0 Å². The Labute approximate surface area is 199 Å². The normalized spacial score (nSPS) is 42.1. The van der Waals surface area contributed by atoms with Gasteiger partial charge in [-0.1, -0.05) is 33.8 Å². The number of carboxylic acids is 1. The SMILES string of the molecule is CC(C)C(C(=O)O)c1ccc(O[C@H]2O[C@@H]3O[C@@]4(C)CC[C@H]5[C@H](C)CC[C@@H]([C@H]2C)[C@@]35OO4)c(F)c1. The van der Waals surface area contributed by atoms with Gasteiger partial charge in [-0.25, -0.2) is 14.2 Å². The number of carbonyl (C=O) groups is 1. The molecular weight excluding hydrogens is 443 g/mol. The summed E-state index contributed by atoms with van der Waals surface area (Å²) in [6.07, 6.45) is 2.22. The summed E-state index contributed by atoms with van der Waals surface area (Å²) in [6, 6.07) is 4.37. The summed E-state index contributed by atoms with van der Waals surface area (Å²) >= 11 is 0. The van der Waals surface area contributed by atoms with E-state index in [0.29, 0.717) is 17.9 Å². The fourth-order valence-corrected chi connectivity index (χ4v) is 6.75. The van der Waals surface area contributed by atoms with Crippen molar-refractivity contribution in [3.8, 4) is 5.75 Å². The molecule has 0 amide bonds. The lowest BCUT2D eigenvalue weighted by Gasteiger charge is -2.60. The molecule has 4 aliphatic heterocycles. The Kier molecular flexibility index (Phi) is 5.95. The molecule has 2 bridgehead atoms. The zero-order valence-corrected chi connectivity index (χ0v) is 20.5. The summed E-state index contributed by atoms with van der Waals surface area (Å²) in [6.45, 7) is 9.77. The van der Waals surface area contributed by atoms with Gasteiger partial charge in [0.2, 0.25) is 12.1 Å². The minimum Gasteiger partial charge on any atom is -0.481 e. The van der Waals surface area contributed by atoms with Crippen LogP contribution in [0.4, 0.5) is 4.39 Å². The smallest absolute Gasteiger partial charge is 0.311 e. The van der Waals surface area contributed by atoms with E-state index in [1.165, 1.54) is 12.1 Å². The first-order valence-corrected chi connectivity index (χ1v) is 12.4. The molecule has 7 nitrogen and oxygen atoms in total. The maximum absolute atomic E-state index is 15.1. The number of hydrogen-bond donors (Lipinski definition) is 1. The van der Waals surface area contributed by atoms with Crippen LogP contribution < -0.4 is 4.74 Å². The fourth-order valence-electron chi connectivity index (χ4n) is 6.75. The molecular formula is C26H35FO7. The molecule has 4 heterocycles. The van der Waals surface area contributed by atoms with E-state index in [9.17, 15) is 9.90 Å². The van der Waals surface area contributed by atoms with Crippen molar-refractivity contribution < 1.29 is 38.3 Å². The molecule has 5 aliphatic rings. The number of hydrogen-bond acceptors (Lipinski definition) is 6. The first-order chi connectivity index (χ1) is 16.1. The maximum Gasteiger partial charge on any atom is 0.311 e. The van der Waals surface area contributed by atoms with Gasteiger partial charge in [-0.3, -0.25) is 4.79 Å². The molecule has 1 spiro atoms. The first kappa shape index (κ1) is 24.0. The molecule has 8 heteroatoms. The molecule has 1 aromatic rings. The molecule has 1 saturated carbocycles. The van der Waals surface area contributed by atoms with E-state index in [0.717, 1.165) is 19.3 Å². The second-order valence-corrected chi connectivity index (χ2v) is 11.1. The average Bonchev–Trinajstić information content (AvgIpc) is 2.99. The van der Waals surface area contributed by atoms with E-state index >= 15 is 4.39 Å². The van der Waals surface area contributed by atoms with Gasteiger partial charge in [0, 0.05) is 18.3 Å². The molecule has 1 aliphatic carbocycles. The van der Waals surface area contributed by atoms with Crippen molar-refractivity contribution in [2.24, 2.45) is 29.6 Å². The molecule has 1 N–H and O–H groups in total. The third-order valence-corrected chi connectivity index (χ3v) is 8.59. The highest BCUT2D eigenvalue weighted by Gasteiger charge is 2.69. The Morgan fingerprint density at radius 2 is 1.94 bits per heavy atom. The standard InChI is InChI=1S/C26H35FO7/c1-13(2)21(22(28)29)16-7-9-20(19(27)12-16)30-23-15(4)18-8-6-14(3)17-10-11-25(5)32-24(31-23)26(17,18)34-33-25/h7,9,12-15,17-18,21,23-24H,6,8,10-11H2,1-5H3,(H,28,29)/t14-,15-,17+,18+,21?,23+,24-,25-,26-/m1/s1. The van der Waals surface area contributed by atoms with Crippen LogP contribution in [-0.2, 0) is 24.0 Å². The van der Waals surface area contributed by atoms with Crippen LogP contribution in [0.1, 0.15) is 71.8 Å². The highest BCUT2D eigenvalue weighted by Crippen LogP contribution is 2.60. The number of aliphatic carboxylic acids is 1. The minimum atomic E-state index is -0.977. The quantitative estimate of drug-likeness (QED) is 0.580. The van der Waals surface area contributed by atoms with E-state index in [1.54, 1.807) is 19.9 Å². The Balaban J connectivity index is 1.42. The van der Waals surface area contributed by atoms with Gasteiger partial charge in [-0.15, -0.1) is 0 Å². The highest BCUT2D eigenvalue weighted by molar-refractivity contribution is 5.76. The van der Waals surface area contributed by atoms with E-state index < -0.39 is 41.7 Å². The summed E-state index contributed by atoms with van der Waals surface area (Å²) < 4.78 is 33.8. The number of fused-ring (bicyclic) bond motifs is 2. The summed E-state index contributed by atoms with van der Waals surface area (Å²) in [5.41, 5.74) is -0.294. The van der Waals surface area contributed by atoms with E-state index in [-0.39, 0.29) is 29.4 Å². The van der Waals surface area contributed by atoms with Crippen molar-refractivity contribution in [1.82, 2.24) is 0 Å². The largest absolute Gasteiger partial charge is 0.481 e. The molecule has 6 rings (SSSR count). The van der Waals surface area contributed by atoms with Gasteiger partial charge in [-0.05, 0) is 61.6 Å². The van der Waals surface area contributed by atoms with E-state index in [4.69, 9.17) is 24.0 Å². The van der Waals surface area contributed by atoms with Crippen LogP contribution in [-0.4, -0.2) is 35.0 Å². The van der Waals surface area contributed by atoms with Crippen LogP contribution in [0, 0.1) is 35.4 Å². The number of halogens is 1. The third-order valence-electron chi connectivity index (χ3n) is 8.59. The van der Waals surface area contributed by atoms with Crippen LogP contribution in [0.5, 0.6) is 5.75 Å². The van der Waals surface area contributed by atoms with Crippen molar-refractivity contribution in [3.63, 3.8) is 0 Å². The van der Waals surface area contributed by atoms with Crippen molar-refractivity contribution in [2.45, 2.75) is 90.2 Å². The topological polar surface area (TPSA) is 83.5 Å². The second-order valence-electron chi connectivity index (χ2n) is 11.1. The Morgan fingerprint density at radius 3 is 2.62 bits per heavy atom. The van der Waals surface area contributed by atoms with E-state index in [2.05, 4.69) is 6.92 Å². The van der Waals surface area contributed by atoms with Crippen LogP contribution in [0.3, 0.4) is 0 Å².